The van der Waals surface area contributed by atoms with Gasteiger partial charge < -0.3 is 14.4 Å². The molecule has 13 heavy (non-hydrogen) atoms. The van der Waals surface area contributed by atoms with E-state index >= 15 is 0 Å². The lowest BCUT2D eigenvalue weighted by Crippen LogP contribution is -2.33. The number of aryl methyl sites for hydroxylation is 1. The van der Waals surface area contributed by atoms with Gasteiger partial charge in [0.2, 0.25) is 0 Å². The number of ether oxygens (including phenoxy) is 1. The molecule has 74 valence electrons. The Morgan fingerprint density at radius 2 is 2.38 bits per heavy atom. The van der Waals surface area contributed by atoms with Gasteiger partial charge in [0, 0.05) is 26.6 Å². The van der Waals surface area contributed by atoms with Gasteiger partial charge in [0.25, 0.3) is 0 Å². The summed E-state index contributed by atoms with van der Waals surface area (Å²) in [6.45, 7) is 2.18. The molecule has 0 amide bonds. The summed E-state index contributed by atoms with van der Waals surface area (Å²) in [5.41, 5.74) is -0.965. The van der Waals surface area contributed by atoms with Crippen LogP contribution in [0.5, 0.6) is 0 Å². The van der Waals surface area contributed by atoms with Gasteiger partial charge in [-0.3, -0.25) is 0 Å². The monoisotopic (exact) mass is 184 g/mol. The number of rotatable bonds is 4. The fourth-order valence-electron chi connectivity index (χ4n) is 1.38. The maximum absolute atomic E-state index is 10.2. The van der Waals surface area contributed by atoms with E-state index in [0.717, 1.165) is 0 Å². The first kappa shape index (κ1) is 10.2. The average molecular weight is 184 g/mol. The summed E-state index contributed by atoms with van der Waals surface area (Å²) in [4.78, 5) is 4.11. The largest absolute Gasteiger partial charge is 0.381 e. The normalized spacial score (nSPS) is 15.7. The second-order valence-corrected chi connectivity index (χ2v) is 3.18. The molecule has 0 aromatic carbocycles. The Morgan fingerprint density at radius 1 is 1.69 bits per heavy atom. The lowest BCUT2D eigenvalue weighted by molar-refractivity contribution is -0.0469. The van der Waals surface area contributed by atoms with E-state index in [-0.39, 0.29) is 6.61 Å². The molecular weight excluding hydrogens is 168 g/mol. The van der Waals surface area contributed by atoms with Crippen molar-refractivity contribution in [1.82, 2.24) is 9.55 Å². The van der Waals surface area contributed by atoms with Crippen LogP contribution in [-0.4, -0.2) is 28.4 Å². The number of imidazole rings is 1. The van der Waals surface area contributed by atoms with E-state index in [2.05, 4.69) is 4.98 Å². The lowest BCUT2D eigenvalue weighted by atomic mass is 10.0. The Morgan fingerprint density at radius 3 is 2.77 bits per heavy atom. The van der Waals surface area contributed by atoms with Gasteiger partial charge in [0.15, 0.2) is 0 Å². The minimum absolute atomic E-state index is 0.272. The van der Waals surface area contributed by atoms with Crippen molar-refractivity contribution in [1.29, 1.82) is 0 Å². The fourth-order valence-corrected chi connectivity index (χ4v) is 1.38. The molecule has 1 unspecified atom stereocenters. The zero-order chi connectivity index (χ0) is 9.90. The van der Waals surface area contributed by atoms with Gasteiger partial charge in [0.1, 0.15) is 11.4 Å². The van der Waals surface area contributed by atoms with E-state index in [1.54, 1.807) is 13.3 Å². The quantitative estimate of drug-likeness (QED) is 0.748. The molecule has 0 fully saturated rings. The zero-order valence-electron chi connectivity index (χ0n) is 8.32. The van der Waals surface area contributed by atoms with Crippen molar-refractivity contribution in [2.45, 2.75) is 18.9 Å². The third-order valence-corrected chi connectivity index (χ3v) is 2.21. The summed E-state index contributed by atoms with van der Waals surface area (Å²) in [6.07, 6.45) is 4.07. The van der Waals surface area contributed by atoms with E-state index < -0.39 is 5.60 Å². The van der Waals surface area contributed by atoms with Crippen molar-refractivity contribution >= 4 is 0 Å². The molecule has 1 aromatic heterocycles. The van der Waals surface area contributed by atoms with Gasteiger partial charge in [-0.25, -0.2) is 4.98 Å². The fraction of sp³-hybridized carbons (Fsp3) is 0.667. The molecule has 4 nitrogen and oxygen atoms in total. The number of aromatic nitrogens is 2. The molecule has 1 aromatic rings. The van der Waals surface area contributed by atoms with Crippen molar-refractivity contribution in [2.75, 3.05) is 13.7 Å². The summed E-state index contributed by atoms with van der Waals surface area (Å²) in [5, 5.41) is 10.2. The molecule has 0 aliphatic rings. The van der Waals surface area contributed by atoms with E-state index in [4.69, 9.17) is 4.74 Å². The van der Waals surface area contributed by atoms with Gasteiger partial charge in [-0.2, -0.15) is 0 Å². The van der Waals surface area contributed by atoms with Gasteiger partial charge in [-0.1, -0.05) is 6.92 Å². The van der Waals surface area contributed by atoms with Crippen LogP contribution in [0.3, 0.4) is 0 Å². The highest BCUT2D eigenvalue weighted by atomic mass is 16.5. The Balaban J connectivity index is 2.95. The Kier molecular flexibility index (Phi) is 3.06. The topological polar surface area (TPSA) is 47.3 Å². The minimum Gasteiger partial charge on any atom is -0.381 e. The molecule has 0 aliphatic heterocycles. The van der Waals surface area contributed by atoms with Crippen molar-refractivity contribution in [3.05, 3.63) is 18.2 Å². The van der Waals surface area contributed by atoms with Gasteiger partial charge in [-0.05, 0) is 6.42 Å². The first-order valence-electron chi connectivity index (χ1n) is 4.33. The van der Waals surface area contributed by atoms with E-state index in [1.165, 1.54) is 0 Å². The standard InChI is InChI=1S/C9H16N2O2/c1-4-9(12,7-13-3)8-10-5-6-11(8)2/h5-6,12H,4,7H2,1-3H3. The molecular formula is C9H16N2O2. The third kappa shape index (κ3) is 1.89. The lowest BCUT2D eigenvalue weighted by Gasteiger charge is -2.24. The molecule has 0 saturated heterocycles. The van der Waals surface area contributed by atoms with Crippen LogP contribution in [0, 0.1) is 0 Å². The summed E-state index contributed by atoms with van der Waals surface area (Å²) in [5.74, 6) is 0.650. The van der Waals surface area contributed by atoms with Gasteiger partial charge >= 0.3 is 0 Å². The molecule has 1 rings (SSSR count). The first-order valence-corrected chi connectivity index (χ1v) is 4.33. The van der Waals surface area contributed by atoms with Crippen LogP contribution >= 0.6 is 0 Å². The van der Waals surface area contributed by atoms with Crippen molar-refractivity contribution < 1.29 is 9.84 Å². The smallest absolute Gasteiger partial charge is 0.145 e. The van der Waals surface area contributed by atoms with E-state index in [1.807, 2.05) is 24.7 Å². The van der Waals surface area contributed by atoms with Crippen LogP contribution in [0.15, 0.2) is 12.4 Å². The van der Waals surface area contributed by atoms with Gasteiger partial charge in [0.05, 0.1) is 6.61 Å². The Hall–Kier alpha value is -0.870. The molecule has 0 bridgehead atoms. The van der Waals surface area contributed by atoms with Crippen LogP contribution in [0.1, 0.15) is 19.2 Å². The summed E-state index contributed by atoms with van der Waals surface area (Å²) >= 11 is 0. The van der Waals surface area contributed by atoms with Crippen LogP contribution in [0.2, 0.25) is 0 Å². The predicted molar refractivity (Wildman–Crippen MR) is 49.3 cm³/mol. The number of hydrogen-bond donors (Lipinski definition) is 1. The highest BCUT2D eigenvalue weighted by Gasteiger charge is 2.31. The van der Waals surface area contributed by atoms with Crippen LogP contribution in [-0.2, 0) is 17.4 Å². The Bertz CT molecular complexity index is 272. The molecule has 1 atom stereocenters. The van der Waals surface area contributed by atoms with Crippen molar-refractivity contribution in [3.8, 4) is 0 Å². The predicted octanol–water partition coefficient (Wildman–Crippen LogP) is 0.664. The average Bonchev–Trinajstić information content (AvgIpc) is 2.52. The number of nitrogens with zero attached hydrogens (tertiary/aromatic N) is 2. The summed E-state index contributed by atoms with van der Waals surface area (Å²) in [6, 6.07) is 0. The van der Waals surface area contributed by atoms with Crippen molar-refractivity contribution in [3.63, 3.8) is 0 Å². The van der Waals surface area contributed by atoms with E-state index in [9.17, 15) is 5.11 Å². The SMILES string of the molecule is CCC(O)(COC)c1nccn1C. The first-order chi connectivity index (χ1) is 6.14. The second kappa shape index (κ2) is 3.89. The van der Waals surface area contributed by atoms with Crippen LogP contribution in [0.4, 0.5) is 0 Å². The zero-order valence-corrected chi connectivity index (χ0v) is 8.32. The van der Waals surface area contributed by atoms with Crippen LogP contribution < -0.4 is 0 Å². The maximum atomic E-state index is 10.2. The molecule has 0 aliphatic carbocycles. The van der Waals surface area contributed by atoms with E-state index in [0.29, 0.717) is 12.2 Å². The molecule has 4 heteroatoms. The maximum Gasteiger partial charge on any atom is 0.145 e. The second-order valence-electron chi connectivity index (χ2n) is 3.18. The van der Waals surface area contributed by atoms with Gasteiger partial charge in [-0.15, -0.1) is 0 Å². The molecule has 0 saturated carbocycles. The summed E-state index contributed by atoms with van der Waals surface area (Å²) in [7, 11) is 3.43. The van der Waals surface area contributed by atoms with Crippen LogP contribution in [0.25, 0.3) is 0 Å². The number of hydrogen-bond acceptors (Lipinski definition) is 3. The highest BCUT2D eigenvalue weighted by molar-refractivity contribution is 5.04. The molecule has 0 spiro atoms. The summed E-state index contributed by atoms with van der Waals surface area (Å²) < 4.78 is 6.78. The highest BCUT2D eigenvalue weighted by Crippen LogP contribution is 2.22. The third-order valence-electron chi connectivity index (χ3n) is 2.21. The molecule has 0 radical (unpaired) electrons. The molecule has 1 N–H and O–H groups in total. The molecule has 1 heterocycles. The number of aliphatic hydroxyl groups is 1. The van der Waals surface area contributed by atoms with Crippen molar-refractivity contribution in [2.24, 2.45) is 7.05 Å². The number of methoxy groups -OCH3 is 1. The Labute approximate surface area is 78.2 Å². The minimum atomic E-state index is -0.965.